The molecule has 0 saturated carbocycles. The summed E-state index contributed by atoms with van der Waals surface area (Å²) in [5, 5.41) is 0. The van der Waals surface area contributed by atoms with Crippen molar-refractivity contribution < 1.29 is 9.47 Å². The van der Waals surface area contributed by atoms with Gasteiger partial charge in [0.05, 0.1) is 18.8 Å². The molecule has 3 nitrogen and oxygen atoms in total. The number of nitrogens with zero attached hydrogens (tertiary/aromatic N) is 1. The molecule has 2 rings (SSSR count). The van der Waals surface area contributed by atoms with Crippen molar-refractivity contribution in [3.05, 3.63) is 48.6 Å². The first-order chi connectivity index (χ1) is 21.7. The minimum atomic E-state index is -0.321. The molecule has 2 fully saturated rings. The van der Waals surface area contributed by atoms with E-state index in [1.54, 1.807) is 0 Å². The molecule has 0 aliphatic carbocycles. The van der Waals surface area contributed by atoms with E-state index in [1.807, 2.05) is 0 Å². The number of unbranched alkanes of at least 4 members (excludes halogenated alkanes) is 16. The Labute approximate surface area is 275 Å². The fraction of sp³-hybridized carbons (Fsp3) is 0.805. The smallest absolute Gasteiger partial charge is 0.183 e. The third-order valence-corrected chi connectivity index (χ3v) is 9.41. The Morgan fingerprint density at radius 1 is 0.523 bits per heavy atom. The van der Waals surface area contributed by atoms with Crippen LogP contribution in [0.1, 0.15) is 174 Å². The van der Waals surface area contributed by atoms with Crippen LogP contribution in [0.15, 0.2) is 48.6 Å². The van der Waals surface area contributed by atoms with Crippen molar-refractivity contribution in [2.75, 3.05) is 20.1 Å². The first-order valence-corrected chi connectivity index (χ1v) is 19.3. The van der Waals surface area contributed by atoms with Crippen LogP contribution in [-0.2, 0) is 9.47 Å². The monoisotopic (exact) mass is 612 g/mol. The Hall–Kier alpha value is -1.16. The Kier molecular flexibility index (Phi) is 23.9. The molecule has 3 atom stereocenters. The van der Waals surface area contributed by atoms with Crippen molar-refractivity contribution in [3.63, 3.8) is 0 Å². The lowest BCUT2D eigenvalue weighted by Crippen LogP contribution is -2.34. The lowest BCUT2D eigenvalue weighted by molar-refractivity contribution is -0.164. The van der Waals surface area contributed by atoms with Gasteiger partial charge in [-0.25, -0.2) is 0 Å². The number of hydrogen-bond acceptors (Lipinski definition) is 3. The van der Waals surface area contributed by atoms with Crippen LogP contribution >= 0.6 is 0 Å². The number of likely N-dealkylation sites (N-methyl/N-ethyl adjacent to an activating group) is 1. The number of likely N-dealkylation sites (tertiary alicyclic amines) is 1. The maximum Gasteiger partial charge on any atom is 0.183 e. The summed E-state index contributed by atoms with van der Waals surface area (Å²) in [6.07, 6.45) is 51.2. The normalized spacial score (nSPS) is 22.9. The number of allylic oxidation sites excluding steroid dienone is 8. The predicted molar refractivity (Wildman–Crippen MR) is 193 cm³/mol. The average Bonchev–Trinajstić information content (AvgIpc) is 3.56. The zero-order valence-corrected chi connectivity index (χ0v) is 29.6. The van der Waals surface area contributed by atoms with Crippen molar-refractivity contribution in [1.29, 1.82) is 0 Å². The van der Waals surface area contributed by atoms with E-state index in [0.29, 0.717) is 12.2 Å². The first kappa shape index (κ1) is 39.0. The molecule has 0 aromatic heterocycles. The van der Waals surface area contributed by atoms with Gasteiger partial charge in [0.25, 0.3) is 0 Å². The first-order valence-electron chi connectivity index (χ1n) is 19.3. The van der Waals surface area contributed by atoms with Crippen LogP contribution < -0.4 is 0 Å². The molecule has 3 heteroatoms. The molecule has 2 unspecified atom stereocenters. The van der Waals surface area contributed by atoms with Gasteiger partial charge in [0.2, 0.25) is 0 Å². The van der Waals surface area contributed by atoms with E-state index in [9.17, 15) is 0 Å². The van der Waals surface area contributed by atoms with Crippen molar-refractivity contribution in [2.24, 2.45) is 0 Å². The highest BCUT2D eigenvalue weighted by Crippen LogP contribution is 2.39. The number of ether oxygens (including phenoxy) is 2. The largest absolute Gasteiger partial charge is 0.343 e. The second-order valence-electron chi connectivity index (χ2n) is 13.7. The molecular weight excluding hydrogens is 538 g/mol. The van der Waals surface area contributed by atoms with Gasteiger partial charge in [-0.15, -0.1) is 0 Å². The highest BCUT2D eigenvalue weighted by Gasteiger charge is 2.49. The van der Waals surface area contributed by atoms with Crippen LogP contribution in [0, 0.1) is 0 Å². The van der Waals surface area contributed by atoms with E-state index in [1.165, 1.54) is 141 Å². The Morgan fingerprint density at radius 2 is 0.909 bits per heavy atom. The molecular formula is C41H73NO2. The molecule has 2 saturated heterocycles. The summed E-state index contributed by atoms with van der Waals surface area (Å²) in [5.74, 6) is -0.321. The Morgan fingerprint density at radius 3 is 1.30 bits per heavy atom. The third kappa shape index (κ3) is 19.4. The summed E-state index contributed by atoms with van der Waals surface area (Å²) in [5.41, 5.74) is 0. The third-order valence-electron chi connectivity index (χ3n) is 9.41. The molecule has 2 aliphatic rings. The Balaban J connectivity index is 1.51. The van der Waals surface area contributed by atoms with Gasteiger partial charge in [0.1, 0.15) is 0 Å². The summed E-state index contributed by atoms with van der Waals surface area (Å²) in [6, 6.07) is 0. The van der Waals surface area contributed by atoms with Crippen LogP contribution in [-0.4, -0.2) is 43.0 Å². The zero-order valence-electron chi connectivity index (χ0n) is 29.6. The summed E-state index contributed by atoms with van der Waals surface area (Å²) >= 11 is 0. The van der Waals surface area contributed by atoms with E-state index in [2.05, 4.69) is 74.4 Å². The SMILES string of the molecule is CCCCC/C=C\C/C=C\CCCCCCCC1OC2(CCN(C)C2)O[C@H]1CCCCCCC/C=C\C/C=C\CCCCC. The van der Waals surface area contributed by atoms with E-state index >= 15 is 0 Å². The minimum absolute atomic E-state index is 0.297. The van der Waals surface area contributed by atoms with Gasteiger partial charge in [0.15, 0.2) is 5.79 Å². The second kappa shape index (κ2) is 27.0. The molecule has 0 amide bonds. The molecule has 0 N–H and O–H groups in total. The van der Waals surface area contributed by atoms with Crippen molar-refractivity contribution in [3.8, 4) is 0 Å². The minimum Gasteiger partial charge on any atom is -0.343 e. The predicted octanol–water partition coefficient (Wildman–Crippen LogP) is 12.4. The highest BCUT2D eigenvalue weighted by atomic mass is 16.8. The van der Waals surface area contributed by atoms with Crippen LogP contribution in [0.5, 0.6) is 0 Å². The van der Waals surface area contributed by atoms with Crippen molar-refractivity contribution >= 4 is 0 Å². The molecule has 0 radical (unpaired) electrons. The number of hydrogen-bond donors (Lipinski definition) is 0. The van der Waals surface area contributed by atoms with Gasteiger partial charge in [-0.2, -0.15) is 0 Å². The molecule has 0 aromatic carbocycles. The van der Waals surface area contributed by atoms with Crippen LogP contribution in [0.3, 0.4) is 0 Å². The second-order valence-corrected chi connectivity index (χ2v) is 13.7. The van der Waals surface area contributed by atoms with Gasteiger partial charge in [-0.1, -0.05) is 140 Å². The van der Waals surface area contributed by atoms with Gasteiger partial charge in [0, 0.05) is 13.0 Å². The quantitative estimate of drug-likeness (QED) is 0.0649. The Bertz CT molecular complexity index is 715. The molecule has 2 aliphatic heterocycles. The fourth-order valence-corrected chi connectivity index (χ4v) is 6.66. The van der Waals surface area contributed by atoms with Crippen molar-refractivity contribution in [1.82, 2.24) is 4.90 Å². The molecule has 254 valence electrons. The van der Waals surface area contributed by atoms with Crippen molar-refractivity contribution in [2.45, 2.75) is 192 Å². The summed E-state index contributed by atoms with van der Waals surface area (Å²) in [4.78, 5) is 2.37. The van der Waals surface area contributed by atoms with Gasteiger partial charge in [-0.05, 0) is 84.1 Å². The van der Waals surface area contributed by atoms with Crippen LogP contribution in [0.4, 0.5) is 0 Å². The lowest BCUT2D eigenvalue weighted by atomic mass is 9.99. The number of rotatable bonds is 28. The summed E-state index contributed by atoms with van der Waals surface area (Å²) in [7, 11) is 2.20. The maximum atomic E-state index is 6.70. The molecule has 1 spiro atoms. The van der Waals surface area contributed by atoms with Gasteiger partial charge >= 0.3 is 0 Å². The molecule has 2 heterocycles. The topological polar surface area (TPSA) is 21.7 Å². The van der Waals surface area contributed by atoms with E-state index in [0.717, 1.165) is 32.4 Å². The molecule has 0 aromatic rings. The van der Waals surface area contributed by atoms with Gasteiger partial charge < -0.3 is 14.4 Å². The lowest BCUT2D eigenvalue weighted by Gasteiger charge is -2.22. The summed E-state index contributed by atoms with van der Waals surface area (Å²) < 4.78 is 13.4. The standard InChI is InChI=1S/C41H73NO2/c1-4-6-8-10-12-14-16-18-20-22-24-26-28-30-32-34-39-40(44-41(43-39)36-37-42(3)38-41)35-33-31-29-27-25-23-21-19-17-15-13-11-9-7-5-2/h12-15,18-21,39-40H,4-11,16-17,22-38H2,1-3H3/b14-12-,15-13-,20-18-,21-19-/t39-,40?,41?/m0/s1. The van der Waals surface area contributed by atoms with E-state index in [4.69, 9.17) is 9.47 Å². The van der Waals surface area contributed by atoms with Crippen LogP contribution in [0.25, 0.3) is 0 Å². The molecule has 0 bridgehead atoms. The zero-order chi connectivity index (χ0) is 31.4. The van der Waals surface area contributed by atoms with Crippen LogP contribution in [0.2, 0.25) is 0 Å². The highest BCUT2D eigenvalue weighted by molar-refractivity contribution is 4.94. The maximum absolute atomic E-state index is 6.70. The molecule has 44 heavy (non-hydrogen) atoms. The average molecular weight is 612 g/mol. The van der Waals surface area contributed by atoms with E-state index < -0.39 is 0 Å². The van der Waals surface area contributed by atoms with Gasteiger partial charge in [-0.3, -0.25) is 0 Å². The van der Waals surface area contributed by atoms with E-state index in [-0.39, 0.29) is 5.79 Å². The fourth-order valence-electron chi connectivity index (χ4n) is 6.66. The summed E-state index contributed by atoms with van der Waals surface area (Å²) in [6.45, 7) is 6.56.